The minimum absolute atomic E-state index is 0.432. The number of hydrogen-bond donors (Lipinski definition) is 1. The highest BCUT2D eigenvalue weighted by atomic mass is 15.0. The Balaban J connectivity index is 2.40. The third kappa shape index (κ3) is 2.92. The summed E-state index contributed by atoms with van der Waals surface area (Å²) >= 11 is 0. The summed E-state index contributed by atoms with van der Waals surface area (Å²) < 4.78 is 0. The van der Waals surface area contributed by atoms with Gasteiger partial charge in [0.15, 0.2) is 0 Å². The zero-order valence-corrected chi connectivity index (χ0v) is 11.4. The van der Waals surface area contributed by atoms with Crippen molar-refractivity contribution in [1.82, 2.24) is 4.98 Å². The summed E-state index contributed by atoms with van der Waals surface area (Å²) in [5.41, 5.74) is 4.12. The Labute approximate surface area is 113 Å². The highest BCUT2D eigenvalue weighted by Crippen LogP contribution is 2.29. The van der Waals surface area contributed by atoms with Gasteiger partial charge >= 0.3 is 0 Å². The number of hydrogen-bond acceptors (Lipinski definition) is 3. The lowest BCUT2D eigenvalue weighted by atomic mass is 9.98. The molecule has 0 unspecified atom stereocenters. The minimum Gasteiger partial charge on any atom is -0.340 e. The third-order valence-corrected chi connectivity index (χ3v) is 3.07. The van der Waals surface area contributed by atoms with Crippen molar-refractivity contribution in [3.8, 4) is 6.07 Å². The van der Waals surface area contributed by atoms with Crippen molar-refractivity contribution in [1.29, 1.82) is 5.26 Å². The number of nitriles is 1. The SMILES string of the molecule is Cc1cccc(C(C)C)c1Nc1cc(C#N)ccn1. The molecule has 0 aliphatic carbocycles. The van der Waals surface area contributed by atoms with Crippen molar-refractivity contribution in [2.75, 3.05) is 5.32 Å². The molecule has 3 heteroatoms. The van der Waals surface area contributed by atoms with Crippen LogP contribution in [0.1, 0.15) is 36.5 Å². The summed E-state index contributed by atoms with van der Waals surface area (Å²) in [5, 5.41) is 12.3. The first-order chi connectivity index (χ1) is 9.11. The van der Waals surface area contributed by atoms with Crippen LogP contribution in [0.2, 0.25) is 0 Å². The van der Waals surface area contributed by atoms with Crippen LogP contribution in [0, 0.1) is 18.3 Å². The van der Waals surface area contributed by atoms with Crippen molar-refractivity contribution >= 4 is 11.5 Å². The molecule has 1 heterocycles. The van der Waals surface area contributed by atoms with Gasteiger partial charge in [0.05, 0.1) is 11.6 Å². The van der Waals surface area contributed by atoms with E-state index in [-0.39, 0.29) is 0 Å². The van der Waals surface area contributed by atoms with E-state index in [1.54, 1.807) is 18.3 Å². The van der Waals surface area contributed by atoms with E-state index in [4.69, 9.17) is 5.26 Å². The fraction of sp³-hybridized carbons (Fsp3) is 0.250. The van der Waals surface area contributed by atoms with E-state index in [9.17, 15) is 0 Å². The maximum Gasteiger partial charge on any atom is 0.131 e. The zero-order chi connectivity index (χ0) is 13.8. The molecule has 2 aromatic rings. The second-order valence-corrected chi connectivity index (χ2v) is 4.86. The number of anilines is 2. The van der Waals surface area contributed by atoms with Gasteiger partial charge in [-0.3, -0.25) is 0 Å². The van der Waals surface area contributed by atoms with E-state index < -0.39 is 0 Å². The van der Waals surface area contributed by atoms with Crippen LogP contribution in [0.3, 0.4) is 0 Å². The summed E-state index contributed by atoms with van der Waals surface area (Å²) in [4.78, 5) is 4.26. The van der Waals surface area contributed by atoms with E-state index in [1.165, 1.54) is 11.1 Å². The van der Waals surface area contributed by atoms with Crippen LogP contribution in [0.4, 0.5) is 11.5 Å². The van der Waals surface area contributed by atoms with Crippen LogP contribution >= 0.6 is 0 Å². The molecule has 0 bridgehead atoms. The Bertz CT molecular complexity index is 624. The van der Waals surface area contributed by atoms with Gasteiger partial charge in [-0.15, -0.1) is 0 Å². The first-order valence-corrected chi connectivity index (χ1v) is 6.34. The molecule has 0 radical (unpaired) electrons. The number of rotatable bonds is 3. The number of pyridine rings is 1. The third-order valence-electron chi connectivity index (χ3n) is 3.07. The van der Waals surface area contributed by atoms with E-state index in [0.717, 1.165) is 5.69 Å². The maximum absolute atomic E-state index is 8.92. The van der Waals surface area contributed by atoms with Gasteiger partial charge in [-0.2, -0.15) is 5.26 Å². The Hall–Kier alpha value is -2.34. The lowest BCUT2D eigenvalue weighted by Crippen LogP contribution is -2.01. The molecule has 1 N–H and O–H groups in total. The molecule has 3 nitrogen and oxygen atoms in total. The molecule has 0 saturated heterocycles. The van der Waals surface area contributed by atoms with Crippen molar-refractivity contribution < 1.29 is 0 Å². The largest absolute Gasteiger partial charge is 0.340 e. The van der Waals surface area contributed by atoms with Crippen molar-refractivity contribution in [2.24, 2.45) is 0 Å². The molecular weight excluding hydrogens is 234 g/mol. The van der Waals surface area contributed by atoms with E-state index in [2.05, 4.69) is 55.3 Å². The predicted molar refractivity (Wildman–Crippen MR) is 77.5 cm³/mol. The number of benzene rings is 1. The van der Waals surface area contributed by atoms with Crippen molar-refractivity contribution in [3.05, 3.63) is 53.2 Å². The Kier molecular flexibility index (Phi) is 3.82. The highest BCUT2D eigenvalue weighted by Gasteiger charge is 2.09. The first kappa shape index (κ1) is 13.1. The Morgan fingerprint density at radius 3 is 2.74 bits per heavy atom. The number of para-hydroxylation sites is 1. The van der Waals surface area contributed by atoms with Crippen LogP contribution in [0.5, 0.6) is 0 Å². The van der Waals surface area contributed by atoms with Gasteiger partial charge in [0.2, 0.25) is 0 Å². The predicted octanol–water partition coefficient (Wildman–Crippen LogP) is 4.13. The smallest absolute Gasteiger partial charge is 0.131 e. The molecule has 1 aromatic heterocycles. The van der Waals surface area contributed by atoms with E-state index >= 15 is 0 Å². The van der Waals surface area contributed by atoms with E-state index in [1.807, 2.05) is 0 Å². The van der Waals surface area contributed by atoms with Crippen LogP contribution < -0.4 is 5.32 Å². The fourth-order valence-electron chi connectivity index (χ4n) is 2.04. The molecule has 0 spiro atoms. The lowest BCUT2D eigenvalue weighted by molar-refractivity contribution is 0.867. The van der Waals surface area contributed by atoms with Crippen LogP contribution in [0.15, 0.2) is 36.5 Å². The molecule has 19 heavy (non-hydrogen) atoms. The van der Waals surface area contributed by atoms with Crippen LogP contribution in [0.25, 0.3) is 0 Å². The Morgan fingerprint density at radius 1 is 1.26 bits per heavy atom. The molecule has 96 valence electrons. The van der Waals surface area contributed by atoms with E-state index in [0.29, 0.717) is 17.3 Å². The average molecular weight is 251 g/mol. The molecule has 0 saturated carbocycles. The second-order valence-electron chi connectivity index (χ2n) is 4.86. The van der Waals surface area contributed by atoms with Gasteiger partial charge in [0, 0.05) is 11.9 Å². The minimum atomic E-state index is 0.432. The molecule has 0 amide bonds. The summed E-state index contributed by atoms with van der Waals surface area (Å²) in [6.45, 7) is 6.40. The number of nitrogens with one attached hydrogen (secondary N) is 1. The number of aryl methyl sites for hydroxylation is 1. The monoisotopic (exact) mass is 251 g/mol. The molecule has 0 aliphatic heterocycles. The lowest BCUT2D eigenvalue weighted by Gasteiger charge is -2.16. The standard InChI is InChI=1S/C16H17N3/c1-11(2)14-6-4-5-12(3)16(14)19-15-9-13(10-17)7-8-18-15/h4-9,11H,1-3H3,(H,18,19). The van der Waals surface area contributed by atoms with Gasteiger partial charge in [0.1, 0.15) is 5.82 Å². The van der Waals surface area contributed by atoms with Crippen LogP contribution in [-0.4, -0.2) is 4.98 Å². The van der Waals surface area contributed by atoms with Gasteiger partial charge in [0.25, 0.3) is 0 Å². The van der Waals surface area contributed by atoms with Gasteiger partial charge in [-0.05, 0) is 36.1 Å². The quantitative estimate of drug-likeness (QED) is 0.892. The molecule has 0 fully saturated rings. The van der Waals surface area contributed by atoms with Gasteiger partial charge in [-0.1, -0.05) is 32.0 Å². The average Bonchev–Trinajstić information content (AvgIpc) is 2.41. The molecule has 0 atom stereocenters. The summed E-state index contributed by atoms with van der Waals surface area (Å²) in [6.07, 6.45) is 1.65. The summed E-state index contributed by atoms with van der Waals surface area (Å²) in [5.74, 6) is 1.14. The van der Waals surface area contributed by atoms with Gasteiger partial charge in [-0.25, -0.2) is 4.98 Å². The molecule has 0 aliphatic rings. The molecular formula is C16H17N3. The van der Waals surface area contributed by atoms with Gasteiger partial charge < -0.3 is 5.32 Å². The second kappa shape index (κ2) is 5.53. The number of nitrogens with zero attached hydrogens (tertiary/aromatic N) is 2. The normalized spacial score (nSPS) is 10.3. The topological polar surface area (TPSA) is 48.7 Å². The molecule has 2 rings (SSSR count). The van der Waals surface area contributed by atoms with Crippen molar-refractivity contribution in [2.45, 2.75) is 26.7 Å². The highest BCUT2D eigenvalue weighted by molar-refractivity contribution is 5.66. The van der Waals surface area contributed by atoms with Crippen LogP contribution in [-0.2, 0) is 0 Å². The van der Waals surface area contributed by atoms with Crippen molar-refractivity contribution in [3.63, 3.8) is 0 Å². The zero-order valence-electron chi connectivity index (χ0n) is 11.4. The Morgan fingerprint density at radius 2 is 2.05 bits per heavy atom. The summed E-state index contributed by atoms with van der Waals surface area (Å²) in [6, 6.07) is 11.8. The molecule has 1 aromatic carbocycles. The number of aromatic nitrogens is 1. The first-order valence-electron chi connectivity index (χ1n) is 6.34. The fourth-order valence-corrected chi connectivity index (χ4v) is 2.04. The maximum atomic E-state index is 8.92. The summed E-state index contributed by atoms with van der Waals surface area (Å²) in [7, 11) is 0.